The summed E-state index contributed by atoms with van der Waals surface area (Å²) in [6, 6.07) is 2.63. The van der Waals surface area contributed by atoms with E-state index in [2.05, 4.69) is 9.26 Å². The van der Waals surface area contributed by atoms with Crippen LogP contribution in [0.4, 0.5) is 5.69 Å². The lowest BCUT2D eigenvalue weighted by Gasteiger charge is -1.80. The van der Waals surface area contributed by atoms with Crippen molar-refractivity contribution < 1.29 is 4.42 Å². The van der Waals surface area contributed by atoms with E-state index in [0.29, 0.717) is 5.69 Å². The summed E-state index contributed by atoms with van der Waals surface area (Å²) in [5.41, 5.74) is -0.0861. The molecule has 1 rings (SSSR count). The van der Waals surface area contributed by atoms with Gasteiger partial charge in [0.2, 0.25) is 5.69 Å². The van der Waals surface area contributed by atoms with E-state index in [0.717, 1.165) is 6.26 Å². The lowest BCUT2D eigenvalue weighted by atomic mass is 10.5. The van der Waals surface area contributed by atoms with E-state index >= 15 is 0 Å². The van der Waals surface area contributed by atoms with Crippen LogP contribution in [0, 0.1) is 6.57 Å². The molecule has 0 atom stereocenters. The predicted molar refractivity (Wildman–Crippen MR) is 31.2 cm³/mol. The van der Waals surface area contributed by atoms with Gasteiger partial charge in [0.15, 0.2) is 0 Å². The highest BCUT2D eigenvalue weighted by atomic mass is 16.4. The third-order valence-corrected chi connectivity index (χ3v) is 0.815. The Labute approximate surface area is 51.4 Å². The zero-order valence-electron chi connectivity index (χ0n) is 4.50. The Balaban J connectivity index is 3.21. The Hall–Kier alpha value is -1.56. The van der Waals surface area contributed by atoms with Crippen LogP contribution in [-0.2, 0) is 0 Å². The van der Waals surface area contributed by atoms with Crippen LogP contribution in [0.2, 0.25) is 0 Å². The van der Waals surface area contributed by atoms with Crippen molar-refractivity contribution >= 4 is 5.69 Å². The number of hydrogen-bond donors (Lipinski definition) is 0. The molecule has 9 heavy (non-hydrogen) atoms. The second kappa shape index (κ2) is 2.14. The van der Waals surface area contributed by atoms with Gasteiger partial charge in [-0.2, -0.15) is 0 Å². The molecule has 0 fully saturated rings. The fraction of sp³-hybridized carbons (Fsp3) is 0. The summed E-state index contributed by atoms with van der Waals surface area (Å²) in [4.78, 5) is 13.3. The Kier molecular flexibility index (Phi) is 1.32. The van der Waals surface area contributed by atoms with Crippen molar-refractivity contribution in [3.05, 3.63) is 40.2 Å². The average molecular weight is 121 g/mol. The number of hydrogen-bond acceptors (Lipinski definition) is 2. The minimum atomic E-state index is -0.428. The molecule has 0 saturated carbocycles. The molecule has 44 valence electrons. The van der Waals surface area contributed by atoms with Gasteiger partial charge in [0, 0.05) is 6.07 Å². The van der Waals surface area contributed by atoms with Crippen LogP contribution in [-0.4, -0.2) is 0 Å². The van der Waals surface area contributed by atoms with Gasteiger partial charge < -0.3 is 4.42 Å². The fourth-order valence-corrected chi connectivity index (χ4v) is 0.414. The normalized spacial score (nSPS) is 8.33. The van der Waals surface area contributed by atoms with Crippen molar-refractivity contribution in [3.63, 3.8) is 0 Å². The SMILES string of the molecule is [C-]#[N+]c1ccc(=O)oc1. The summed E-state index contributed by atoms with van der Waals surface area (Å²) >= 11 is 0. The molecule has 0 aliphatic rings. The van der Waals surface area contributed by atoms with Crippen molar-refractivity contribution in [2.24, 2.45) is 0 Å². The maximum Gasteiger partial charge on any atom is 0.333 e. The van der Waals surface area contributed by atoms with Gasteiger partial charge in [-0.3, -0.25) is 0 Å². The molecular weight excluding hydrogens is 118 g/mol. The van der Waals surface area contributed by atoms with Gasteiger partial charge in [-0.05, 0) is 6.07 Å². The van der Waals surface area contributed by atoms with Crippen LogP contribution in [0.1, 0.15) is 0 Å². The Morgan fingerprint density at radius 2 is 2.33 bits per heavy atom. The molecule has 0 saturated heterocycles. The van der Waals surface area contributed by atoms with Gasteiger partial charge in [0.25, 0.3) is 0 Å². The second-order valence-corrected chi connectivity index (χ2v) is 1.42. The van der Waals surface area contributed by atoms with E-state index in [4.69, 9.17) is 6.57 Å². The highest BCUT2D eigenvalue weighted by Gasteiger charge is 1.87. The summed E-state index contributed by atoms with van der Waals surface area (Å²) in [7, 11) is 0. The molecule has 0 aliphatic heterocycles. The molecule has 1 heterocycles. The number of nitrogens with zero attached hydrogens (tertiary/aromatic N) is 1. The first-order chi connectivity index (χ1) is 4.33. The first-order valence-electron chi connectivity index (χ1n) is 2.29. The van der Waals surface area contributed by atoms with E-state index in [-0.39, 0.29) is 0 Å². The van der Waals surface area contributed by atoms with E-state index in [1.807, 2.05) is 0 Å². The fourth-order valence-electron chi connectivity index (χ4n) is 0.414. The molecule has 0 radical (unpaired) electrons. The lowest BCUT2D eigenvalue weighted by molar-refractivity contribution is 0.513. The molecule has 3 heteroatoms. The highest BCUT2D eigenvalue weighted by molar-refractivity contribution is 5.39. The molecule has 0 amide bonds. The van der Waals surface area contributed by atoms with Crippen LogP contribution in [0.3, 0.4) is 0 Å². The average Bonchev–Trinajstić information content (AvgIpc) is 1.90. The Morgan fingerprint density at radius 1 is 1.56 bits per heavy atom. The third kappa shape index (κ3) is 1.16. The topological polar surface area (TPSA) is 34.6 Å². The molecular formula is C6H3NO2. The van der Waals surface area contributed by atoms with Crippen molar-refractivity contribution in [1.82, 2.24) is 0 Å². The van der Waals surface area contributed by atoms with Crippen molar-refractivity contribution in [3.8, 4) is 0 Å². The van der Waals surface area contributed by atoms with Gasteiger partial charge in [-0.15, -0.1) is 0 Å². The molecule has 0 aliphatic carbocycles. The summed E-state index contributed by atoms with van der Waals surface area (Å²) in [6.45, 7) is 6.48. The molecule has 0 spiro atoms. The van der Waals surface area contributed by atoms with Crippen LogP contribution in [0.5, 0.6) is 0 Å². The van der Waals surface area contributed by atoms with Crippen LogP contribution >= 0.6 is 0 Å². The second-order valence-electron chi connectivity index (χ2n) is 1.42. The van der Waals surface area contributed by atoms with Gasteiger partial charge in [0.05, 0.1) is 6.57 Å². The van der Waals surface area contributed by atoms with E-state index < -0.39 is 5.63 Å². The number of rotatable bonds is 0. The smallest absolute Gasteiger partial charge is 0.333 e. The zero-order chi connectivity index (χ0) is 6.69. The quantitative estimate of drug-likeness (QED) is 0.483. The standard InChI is InChI=1S/C6H3NO2/c1-7-5-2-3-6(8)9-4-5/h2-4H. The molecule has 1 aromatic rings. The molecule has 0 unspecified atom stereocenters. The maximum absolute atomic E-state index is 10.3. The lowest BCUT2D eigenvalue weighted by Crippen LogP contribution is -1.91. The minimum absolute atomic E-state index is 0.342. The van der Waals surface area contributed by atoms with Crippen molar-refractivity contribution in [2.75, 3.05) is 0 Å². The maximum atomic E-state index is 10.3. The highest BCUT2D eigenvalue weighted by Crippen LogP contribution is 2.05. The largest absolute Gasteiger partial charge is 0.443 e. The van der Waals surface area contributed by atoms with E-state index in [1.165, 1.54) is 12.1 Å². The Morgan fingerprint density at radius 3 is 2.78 bits per heavy atom. The third-order valence-electron chi connectivity index (χ3n) is 0.815. The Bertz CT molecular complexity index is 274. The van der Waals surface area contributed by atoms with Gasteiger partial charge in [-0.25, -0.2) is 9.64 Å². The molecule has 0 aromatic carbocycles. The summed E-state index contributed by atoms with van der Waals surface area (Å²) in [5, 5.41) is 0. The van der Waals surface area contributed by atoms with Crippen LogP contribution < -0.4 is 5.63 Å². The van der Waals surface area contributed by atoms with E-state index in [9.17, 15) is 4.79 Å². The molecule has 3 nitrogen and oxygen atoms in total. The summed E-state index contributed by atoms with van der Waals surface area (Å²) < 4.78 is 4.38. The summed E-state index contributed by atoms with van der Waals surface area (Å²) in [6.07, 6.45) is 1.13. The van der Waals surface area contributed by atoms with Gasteiger partial charge in [-0.1, -0.05) is 0 Å². The monoisotopic (exact) mass is 121 g/mol. The van der Waals surface area contributed by atoms with Gasteiger partial charge in [0.1, 0.15) is 6.26 Å². The first-order valence-corrected chi connectivity index (χ1v) is 2.29. The van der Waals surface area contributed by atoms with Gasteiger partial charge >= 0.3 is 5.63 Å². The molecule has 0 bridgehead atoms. The zero-order valence-corrected chi connectivity index (χ0v) is 4.50. The minimum Gasteiger partial charge on any atom is -0.443 e. The van der Waals surface area contributed by atoms with Crippen LogP contribution in [0.15, 0.2) is 27.6 Å². The summed E-state index contributed by atoms with van der Waals surface area (Å²) in [5.74, 6) is 0. The van der Waals surface area contributed by atoms with Crippen molar-refractivity contribution in [1.29, 1.82) is 0 Å². The molecule has 1 aromatic heterocycles. The van der Waals surface area contributed by atoms with Crippen LogP contribution in [0.25, 0.3) is 4.85 Å². The first kappa shape index (κ1) is 5.57. The van der Waals surface area contributed by atoms with Crippen molar-refractivity contribution in [2.45, 2.75) is 0 Å². The van der Waals surface area contributed by atoms with E-state index in [1.54, 1.807) is 0 Å². The predicted octanol–water partition coefficient (Wildman–Crippen LogP) is 1.19. The molecule has 0 N–H and O–H groups in total.